The Kier molecular flexibility index (Phi) is 3.05. The largest absolute Gasteiger partial charge is 0.478 e. The summed E-state index contributed by atoms with van der Waals surface area (Å²) >= 11 is 0. The normalized spacial score (nSPS) is 17.2. The van der Waals surface area contributed by atoms with Gasteiger partial charge in [-0.3, -0.25) is 9.36 Å². The molecule has 1 aromatic rings. The molecule has 0 unspecified atom stereocenters. The number of aromatic nitrogens is 1. The molecule has 0 bridgehead atoms. The van der Waals surface area contributed by atoms with E-state index in [1.807, 2.05) is 0 Å². The summed E-state index contributed by atoms with van der Waals surface area (Å²) < 4.78 is 6.53. The van der Waals surface area contributed by atoms with Crippen LogP contribution in [0, 0.1) is 5.92 Å². The molecule has 0 radical (unpaired) electrons. The smallest absolute Gasteiger partial charge is 0.337 e. The molecule has 5 nitrogen and oxygen atoms in total. The summed E-state index contributed by atoms with van der Waals surface area (Å²) in [5.74, 6) is -1.11. The number of carbonyl (C=O) groups is 2. The first-order chi connectivity index (χ1) is 7.68. The molecule has 16 heavy (non-hydrogen) atoms. The van der Waals surface area contributed by atoms with Gasteiger partial charge in [0.2, 0.25) is 5.91 Å². The fourth-order valence-corrected chi connectivity index (χ4v) is 1.82. The van der Waals surface area contributed by atoms with Crippen LogP contribution in [0.2, 0.25) is 0 Å². The van der Waals surface area contributed by atoms with Crippen LogP contribution in [0.15, 0.2) is 18.5 Å². The highest BCUT2D eigenvalue weighted by Crippen LogP contribution is 2.17. The molecule has 0 saturated carbocycles. The Morgan fingerprint density at radius 3 is 2.62 bits per heavy atom. The number of ether oxygens (including phenoxy) is 1. The van der Waals surface area contributed by atoms with Crippen molar-refractivity contribution >= 4 is 11.9 Å². The van der Waals surface area contributed by atoms with Crippen LogP contribution in [-0.2, 0) is 4.74 Å². The van der Waals surface area contributed by atoms with E-state index in [4.69, 9.17) is 9.84 Å². The molecule has 0 spiro atoms. The van der Waals surface area contributed by atoms with E-state index in [2.05, 4.69) is 0 Å². The van der Waals surface area contributed by atoms with Gasteiger partial charge in [0.1, 0.15) is 0 Å². The minimum absolute atomic E-state index is 0.0456. The average molecular weight is 223 g/mol. The van der Waals surface area contributed by atoms with Crippen molar-refractivity contribution in [2.75, 3.05) is 13.2 Å². The molecule has 86 valence electrons. The highest BCUT2D eigenvalue weighted by Gasteiger charge is 2.23. The molecule has 2 heterocycles. The number of hydrogen-bond acceptors (Lipinski definition) is 3. The Hall–Kier alpha value is -1.62. The number of hydrogen-bond donors (Lipinski definition) is 1. The average Bonchev–Trinajstić information content (AvgIpc) is 2.78. The van der Waals surface area contributed by atoms with Gasteiger partial charge in [0.05, 0.1) is 5.56 Å². The molecule has 1 aromatic heterocycles. The molecule has 1 saturated heterocycles. The standard InChI is InChI=1S/C11H13NO4/c13-10(8-2-5-16-6-3-8)12-4-1-9(7-12)11(14)15/h1,4,7-8H,2-3,5-6H2,(H,14,15). The lowest BCUT2D eigenvalue weighted by molar-refractivity contribution is 0.0486. The fraction of sp³-hybridized carbons (Fsp3) is 0.455. The Morgan fingerprint density at radius 2 is 2.06 bits per heavy atom. The van der Waals surface area contributed by atoms with Crippen LogP contribution in [0.4, 0.5) is 0 Å². The van der Waals surface area contributed by atoms with Crippen molar-refractivity contribution in [3.05, 3.63) is 24.0 Å². The van der Waals surface area contributed by atoms with Crippen molar-refractivity contribution < 1.29 is 19.4 Å². The monoisotopic (exact) mass is 223 g/mol. The molecule has 2 rings (SSSR count). The third-order valence-electron chi connectivity index (χ3n) is 2.76. The third-order valence-corrected chi connectivity index (χ3v) is 2.76. The van der Waals surface area contributed by atoms with E-state index in [0.717, 1.165) is 0 Å². The molecule has 0 aromatic carbocycles. The zero-order chi connectivity index (χ0) is 11.5. The number of rotatable bonds is 2. The van der Waals surface area contributed by atoms with E-state index in [9.17, 15) is 9.59 Å². The van der Waals surface area contributed by atoms with Gasteiger partial charge in [-0.25, -0.2) is 4.79 Å². The van der Waals surface area contributed by atoms with Crippen LogP contribution < -0.4 is 0 Å². The molecule has 0 aliphatic carbocycles. The Bertz CT molecular complexity index is 404. The first-order valence-electron chi connectivity index (χ1n) is 5.22. The maximum atomic E-state index is 12.0. The zero-order valence-corrected chi connectivity index (χ0v) is 8.76. The van der Waals surface area contributed by atoms with Crippen LogP contribution in [-0.4, -0.2) is 34.8 Å². The van der Waals surface area contributed by atoms with Crippen LogP contribution in [0.1, 0.15) is 28.0 Å². The van der Waals surface area contributed by atoms with Crippen LogP contribution >= 0.6 is 0 Å². The zero-order valence-electron chi connectivity index (χ0n) is 8.76. The second kappa shape index (κ2) is 4.49. The number of carboxylic acid groups (broad SMARTS) is 1. The van der Waals surface area contributed by atoms with Crippen molar-refractivity contribution in [1.29, 1.82) is 0 Å². The summed E-state index contributed by atoms with van der Waals surface area (Å²) in [6, 6.07) is 1.43. The van der Waals surface area contributed by atoms with E-state index in [0.29, 0.717) is 26.1 Å². The molecule has 0 atom stereocenters. The van der Waals surface area contributed by atoms with Crippen molar-refractivity contribution in [2.24, 2.45) is 5.92 Å². The van der Waals surface area contributed by atoms with Gasteiger partial charge in [0.25, 0.3) is 0 Å². The predicted octanol–water partition coefficient (Wildman–Crippen LogP) is 1.25. The lowest BCUT2D eigenvalue weighted by Crippen LogP contribution is -2.27. The molecule has 1 aliphatic heterocycles. The van der Waals surface area contributed by atoms with Crippen molar-refractivity contribution in [1.82, 2.24) is 4.57 Å². The van der Waals surface area contributed by atoms with E-state index >= 15 is 0 Å². The number of carboxylic acids is 1. The quantitative estimate of drug-likeness (QED) is 0.819. The van der Waals surface area contributed by atoms with E-state index in [1.54, 1.807) is 0 Å². The third kappa shape index (κ3) is 2.14. The van der Waals surface area contributed by atoms with E-state index in [1.165, 1.54) is 23.0 Å². The van der Waals surface area contributed by atoms with Crippen molar-refractivity contribution in [3.8, 4) is 0 Å². The van der Waals surface area contributed by atoms with Gasteiger partial charge in [0.15, 0.2) is 0 Å². The lowest BCUT2D eigenvalue weighted by Gasteiger charge is -2.20. The van der Waals surface area contributed by atoms with Crippen LogP contribution in [0.3, 0.4) is 0 Å². The van der Waals surface area contributed by atoms with Gasteiger partial charge < -0.3 is 9.84 Å². The minimum Gasteiger partial charge on any atom is -0.478 e. The number of aromatic carboxylic acids is 1. The lowest BCUT2D eigenvalue weighted by atomic mass is 9.99. The summed E-state index contributed by atoms with van der Waals surface area (Å²) in [5.41, 5.74) is 0.139. The summed E-state index contributed by atoms with van der Waals surface area (Å²) in [5, 5.41) is 8.75. The summed E-state index contributed by atoms with van der Waals surface area (Å²) in [6.07, 6.45) is 4.28. The van der Waals surface area contributed by atoms with E-state index in [-0.39, 0.29) is 17.4 Å². The van der Waals surface area contributed by atoms with Gasteiger partial charge in [-0.1, -0.05) is 0 Å². The molecule has 1 fully saturated rings. The van der Waals surface area contributed by atoms with Gasteiger partial charge in [0, 0.05) is 31.5 Å². The molecule has 0 amide bonds. The predicted molar refractivity (Wildman–Crippen MR) is 55.6 cm³/mol. The first-order valence-corrected chi connectivity index (χ1v) is 5.22. The van der Waals surface area contributed by atoms with Crippen LogP contribution in [0.5, 0.6) is 0 Å². The highest BCUT2D eigenvalue weighted by molar-refractivity contribution is 5.89. The molecule has 1 N–H and O–H groups in total. The molecular weight excluding hydrogens is 210 g/mol. The molecule has 1 aliphatic rings. The summed E-state index contributed by atoms with van der Waals surface area (Å²) in [4.78, 5) is 22.6. The number of carbonyl (C=O) groups excluding carboxylic acids is 1. The Morgan fingerprint density at radius 1 is 1.38 bits per heavy atom. The topological polar surface area (TPSA) is 68.5 Å². The van der Waals surface area contributed by atoms with E-state index < -0.39 is 5.97 Å². The van der Waals surface area contributed by atoms with Crippen LogP contribution in [0.25, 0.3) is 0 Å². The highest BCUT2D eigenvalue weighted by atomic mass is 16.5. The maximum absolute atomic E-state index is 12.0. The molecular formula is C11H13NO4. The number of nitrogens with zero attached hydrogens (tertiary/aromatic N) is 1. The van der Waals surface area contributed by atoms with Gasteiger partial charge in [-0.15, -0.1) is 0 Å². The van der Waals surface area contributed by atoms with Gasteiger partial charge in [-0.05, 0) is 18.9 Å². The van der Waals surface area contributed by atoms with Gasteiger partial charge in [-0.2, -0.15) is 0 Å². The van der Waals surface area contributed by atoms with Crippen molar-refractivity contribution in [2.45, 2.75) is 12.8 Å². The summed E-state index contributed by atoms with van der Waals surface area (Å²) in [7, 11) is 0. The Balaban J connectivity index is 2.10. The first kappa shape index (κ1) is 10.9. The SMILES string of the molecule is O=C(O)c1ccn(C(=O)C2CCOCC2)c1. The second-order valence-electron chi connectivity index (χ2n) is 3.84. The fourth-order valence-electron chi connectivity index (χ4n) is 1.82. The minimum atomic E-state index is -1.02. The van der Waals surface area contributed by atoms with Crippen molar-refractivity contribution in [3.63, 3.8) is 0 Å². The summed E-state index contributed by atoms with van der Waals surface area (Å²) in [6.45, 7) is 1.20. The Labute approximate surface area is 92.6 Å². The second-order valence-corrected chi connectivity index (χ2v) is 3.84. The molecule has 5 heteroatoms. The van der Waals surface area contributed by atoms with Gasteiger partial charge >= 0.3 is 5.97 Å². The maximum Gasteiger partial charge on any atom is 0.337 e.